The second kappa shape index (κ2) is 6.02. The van der Waals surface area contributed by atoms with Gasteiger partial charge in [-0.15, -0.1) is 0 Å². The molecular weight excluding hydrogens is 306 g/mol. The van der Waals surface area contributed by atoms with Gasteiger partial charge in [-0.2, -0.15) is 0 Å². The van der Waals surface area contributed by atoms with Crippen LogP contribution >= 0.6 is 15.9 Å². The van der Waals surface area contributed by atoms with Crippen molar-refractivity contribution in [3.63, 3.8) is 0 Å². The molecule has 19 heavy (non-hydrogen) atoms. The zero-order chi connectivity index (χ0) is 13.8. The monoisotopic (exact) mass is 321 g/mol. The second-order valence-electron chi connectivity index (χ2n) is 4.20. The maximum absolute atomic E-state index is 5.85. The van der Waals surface area contributed by atoms with Gasteiger partial charge in [0.1, 0.15) is 11.6 Å². The van der Waals surface area contributed by atoms with E-state index in [-0.39, 0.29) is 0 Å². The van der Waals surface area contributed by atoms with Gasteiger partial charge in [-0.25, -0.2) is 9.97 Å². The molecule has 100 valence electrons. The third kappa shape index (κ3) is 3.23. The van der Waals surface area contributed by atoms with Gasteiger partial charge in [0.25, 0.3) is 0 Å². The van der Waals surface area contributed by atoms with Crippen LogP contribution in [0.1, 0.15) is 19.0 Å². The topological polar surface area (TPSA) is 61.0 Å². The van der Waals surface area contributed by atoms with Gasteiger partial charge in [-0.1, -0.05) is 29.3 Å². The molecule has 0 aliphatic carbocycles. The summed E-state index contributed by atoms with van der Waals surface area (Å²) in [4.78, 5) is 8.85. The van der Waals surface area contributed by atoms with Gasteiger partial charge in [0.05, 0.1) is 12.7 Å². The van der Waals surface area contributed by atoms with Gasteiger partial charge in [0, 0.05) is 16.2 Å². The molecule has 2 aromatic rings. The van der Waals surface area contributed by atoms with Crippen molar-refractivity contribution in [3.8, 4) is 17.1 Å². The molecule has 1 aromatic carbocycles. The zero-order valence-corrected chi connectivity index (χ0v) is 12.6. The quantitative estimate of drug-likeness (QED) is 0.936. The lowest BCUT2D eigenvalue weighted by Gasteiger charge is -2.10. The highest BCUT2D eigenvalue weighted by Crippen LogP contribution is 2.31. The highest BCUT2D eigenvalue weighted by Gasteiger charge is 2.11. The number of halogens is 1. The molecule has 0 saturated heterocycles. The third-order valence-electron chi connectivity index (χ3n) is 2.71. The van der Waals surface area contributed by atoms with Crippen LogP contribution in [0.4, 0.5) is 5.82 Å². The summed E-state index contributed by atoms with van der Waals surface area (Å²) in [6.45, 7) is 2.11. The Balaban J connectivity index is 2.54. The van der Waals surface area contributed by atoms with Crippen LogP contribution in [-0.2, 0) is 6.42 Å². The number of ether oxygens (including phenoxy) is 1. The van der Waals surface area contributed by atoms with Crippen LogP contribution in [0.5, 0.6) is 5.75 Å². The molecule has 2 N–H and O–H groups in total. The lowest BCUT2D eigenvalue weighted by molar-refractivity contribution is 0.416. The number of nitrogens with two attached hydrogens (primary N) is 1. The number of benzene rings is 1. The molecule has 0 unspecified atom stereocenters. The SMILES string of the molecule is CCCc1cc(N)nc(-c2cc(Br)ccc2OC)n1. The second-order valence-corrected chi connectivity index (χ2v) is 5.12. The number of hydrogen-bond donors (Lipinski definition) is 1. The highest BCUT2D eigenvalue weighted by molar-refractivity contribution is 9.10. The Morgan fingerprint density at radius 2 is 2.05 bits per heavy atom. The number of methoxy groups -OCH3 is 1. The van der Waals surface area contributed by atoms with E-state index in [2.05, 4.69) is 32.8 Å². The molecule has 5 heteroatoms. The predicted molar refractivity (Wildman–Crippen MR) is 80.1 cm³/mol. The van der Waals surface area contributed by atoms with Crippen LogP contribution in [-0.4, -0.2) is 17.1 Å². The van der Waals surface area contributed by atoms with E-state index < -0.39 is 0 Å². The lowest BCUT2D eigenvalue weighted by Crippen LogP contribution is -2.01. The minimum Gasteiger partial charge on any atom is -0.496 e. The minimum atomic E-state index is 0.482. The zero-order valence-electron chi connectivity index (χ0n) is 11.0. The first-order chi connectivity index (χ1) is 9.13. The van der Waals surface area contributed by atoms with Crippen molar-refractivity contribution in [1.82, 2.24) is 9.97 Å². The Morgan fingerprint density at radius 3 is 2.74 bits per heavy atom. The summed E-state index contributed by atoms with van der Waals surface area (Å²) < 4.78 is 6.30. The molecule has 0 fully saturated rings. The molecule has 4 nitrogen and oxygen atoms in total. The molecule has 0 bridgehead atoms. The average Bonchev–Trinajstić information content (AvgIpc) is 2.38. The maximum Gasteiger partial charge on any atom is 0.165 e. The summed E-state index contributed by atoms with van der Waals surface area (Å²) >= 11 is 3.45. The molecule has 0 spiro atoms. The number of anilines is 1. The average molecular weight is 322 g/mol. The first-order valence-electron chi connectivity index (χ1n) is 6.11. The molecule has 2 rings (SSSR count). The van der Waals surface area contributed by atoms with E-state index in [1.54, 1.807) is 7.11 Å². The summed E-state index contributed by atoms with van der Waals surface area (Å²) in [5, 5.41) is 0. The molecule has 0 aliphatic rings. The van der Waals surface area contributed by atoms with Crippen molar-refractivity contribution in [3.05, 3.63) is 34.4 Å². The van der Waals surface area contributed by atoms with Crippen molar-refractivity contribution in [2.75, 3.05) is 12.8 Å². The van der Waals surface area contributed by atoms with Crippen LogP contribution in [0, 0.1) is 0 Å². The lowest BCUT2D eigenvalue weighted by atomic mass is 10.1. The van der Waals surface area contributed by atoms with Crippen molar-refractivity contribution in [2.45, 2.75) is 19.8 Å². The number of hydrogen-bond acceptors (Lipinski definition) is 4. The Morgan fingerprint density at radius 1 is 1.26 bits per heavy atom. The molecule has 0 radical (unpaired) electrons. The third-order valence-corrected chi connectivity index (χ3v) is 3.20. The highest BCUT2D eigenvalue weighted by atomic mass is 79.9. The van der Waals surface area contributed by atoms with Gasteiger partial charge >= 0.3 is 0 Å². The fourth-order valence-electron chi connectivity index (χ4n) is 1.88. The Kier molecular flexibility index (Phi) is 4.37. The van der Waals surface area contributed by atoms with Gasteiger partial charge < -0.3 is 10.5 Å². The van der Waals surface area contributed by atoms with Gasteiger partial charge in [-0.05, 0) is 24.6 Å². The van der Waals surface area contributed by atoms with Crippen LogP contribution < -0.4 is 10.5 Å². The number of aryl methyl sites for hydroxylation is 1. The molecule has 0 aliphatic heterocycles. The summed E-state index contributed by atoms with van der Waals surface area (Å²) in [7, 11) is 1.63. The largest absolute Gasteiger partial charge is 0.496 e. The standard InChI is InChI=1S/C14H16BrN3O/c1-3-4-10-8-13(16)18-14(17-10)11-7-9(15)5-6-12(11)19-2/h5-8H,3-4H2,1-2H3,(H2,16,17,18). The number of nitrogens with zero attached hydrogens (tertiary/aromatic N) is 2. The van der Waals surface area contributed by atoms with Gasteiger partial charge in [-0.3, -0.25) is 0 Å². The van der Waals surface area contributed by atoms with Crippen LogP contribution in [0.2, 0.25) is 0 Å². The van der Waals surface area contributed by atoms with E-state index in [0.29, 0.717) is 11.6 Å². The summed E-state index contributed by atoms with van der Waals surface area (Å²) in [5.41, 5.74) is 7.64. The van der Waals surface area contributed by atoms with Crippen LogP contribution in [0.15, 0.2) is 28.7 Å². The smallest absolute Gasteiger partial charge is 0.165 e. The Hall–Kier alpha value is -1.62. The van der Waals surface area contributed by atoms with E-state index in [1.165, 1.54) is 0 Å². The van der Waals surface area contributed by atoms with Crippen molar-refractivity contribution in [2.24, 2.45) is 0 Å². The molecule has 1 heterocycles. The van der Waals surface area contributed by atoms with E-state index >= 15 is 0 Å². The van der Waals surface area contributed by atoms with E-state index in [4.69, 9.17) is 10.5 Å². The van der Waals surface area contributed by atoms with Crippen molar-refractivity contribution >= 4 is 21.7 Å². The fraction of sp³-hybridized carbons (Fsp3) is 0.286. The van der Waals surface area contributed by atoms with E-state index in [0.717, 1.165) is 34.3 Å². The number of aromatic nitrogens is 2. The van der Waals surface area contributed by atoms with E-state index in [1.807, 2.05) is 24.3 Å². The number of nitrogen functional groups attached to an aromatic ring is 1. The van der Waals surface area contributed by atoms with Gasteiger partial charge in [0.15, 0.2) is 5.82 Å². The Labute approximate surface area is 121 Å². The number of rotatable bonds is 4. The summed E-state index contributed by atoms with van der Waals surface area (Å²) in [6.07, 6.45) is 1.90. The minimum absolute atomic E-state index is 0.482. The summed E-state index contributed by atoms with van der Waals surface area (Å²) in [5.74, 6) is 1.81. The van der Waals surface area contributed by atoms with E-state index in [9.17, 15) is 0 Å². The predicted octanol–water partition coefficient (Wildman–Crippen LogP) is 3.45. The molecular formula is C14H16BrN3O. The maximum atomic E-state index is 5.85. The summed E-state index contributed by atoms with van der Waals surface area (Å²) in [6, 6.07) is 7.55. The molecule has 0 amide bonds. The molecule has 0 atom stereocenters. The van der Waals surface area contributed by atoms with Crippen molar-refractivity contribution < 1.29 is 4.74 Å². The molecule has 0 saturated carbocycles. The first-order valence-corrected chi connectivity index (χ1v) is 6.90. The van der Waals surface area contributed by atoms with Crippen LogP contribution in [0.3, 0.4) is 0 Å². The molecule has 1 aromatic heterocycles. The Bertz CT molecular complexity index is 587. The fourth-order valence-corrected chi connectivity index (χ4v) is 2.24. The normalized spacial score (nSPS) is 10.5. The van der Waals surface area contributed by atoms with Crippen molar-refractivity contribution in [1.29, 1.82) is 0 Å². The van der Waals surface area contributed by atoms with Crippen LogP contribution in [0.25, 0.3) is 11.4 Å². The first kappa shape index (κ1) is 13.8. The van der Waals surface area contributed by atoms with Gasteiger partial charge in [0.2, 0.25) is 0 Å².